The van der Waals surface area contributed by atoms with Crippen molar-refractivity contribution in [2.24, 2.45) is 0 Å². The molecule has 0 bridgehead atoms. The molecular formula is C10H11NO. The minimum Gasteiger partial charge on any atom is -0.384 e. The standard InChI is InChI=1S/C10H11NO/c1-3-6-10(2,12)9-4-7-11-8-5-9/h1,4-5,7-8,12H,6H2,2H3/t10-/m0/s1. The predicted molar refractivity (Wildman–Crippen MR) is 47.3 cm³/mol. The quantitative estimate of drug-likeness (QED) is 0.663. The lowest BCUT2D eigenvalue weighted by molar-refractivity contribution is 0.0629. The molecule has 0 saturated heterocycles. The monoisotopic (exact) mass is 161 g/mol. The fraction of sp³-hybridized carbons (Fsp3) is 0.300. The molecule has 1 aromatic rings. The van der Waals surface area contributed by atoms with E-state index in [1.807, 2.05) is 0 Å². The Labute approximate surface area is 72.3 Å². The first kappa shape index (κ1) is 8.76. The summed E-state index contributed by atoms with van der Waals surface area (Å²) in [7, 11) is 0. The van der Waals surface area contributed by atoms with Crippen LogP contribution in [0.2, 0.25) is 0 Å². The largest absolute Gasteiger partial charge is 0.384 e. The first-order chi connectivity index (χ1) is 5.67. The molecule has 0 unspecified atom stereocenters. The zero-order valence-corrected chi connectivity index (χ0v) is 6.99. The van der Waals surface area contributed by atoms with Crippen molar-refractivity contribution < 1.29 is 5.11 Å². The zero-order valence-electron chi connectivity index (χ0n) is 6.99. The van der Waals surface area contributed by atoms with Gasteiger partial charge in [0.2, 0.25) is 0 Å². The van der Waals surface area contributed by atoms with E-state index in [1.54, 1.807) is 31.5 Å². The van der Waals surface area contributed by atoms with E-state index in [2.05, 4.69) is 10.9 Å². The lowest BCUT2D eigenvalue weighted by atomic mass is 9.94. The van der Waals surface area contributed by atoms with Crippen molar-refractivity contribution >= 4 is 0 Å². The molecule has 1 rings (SSSR count). The maximum Gasteiger partial charge on any atom is 0.0978 e. The van der Waals surface area contributed by atoms with Crippen LogP contribution in [0.15, 0.2) is 24.5 Å². The van der Waals surface area contributed by atoms with E-state index in [9.17, 15) is 5.11 Å². The van der Waals surface area contributed by atoms with Crippen LogP contribution < -0.4 is 0 Å². The predicted octanol–water partition coefficient (Wildman–Crippen LogP) is 1.31. The smallest absolute Gasteiger partial charge is 0.0978 e. The summed E-state index contributed by atoms with van der Waals surface area (Å²) in [5, 5.41) is 9.82. The molecule has 0 aliphatic rings. The van der Waals surface area contributed by atoms with Gasteiger partial charge in [-0.3, -0.25) is 4.98 Å². The molecule has 0 aliphatic heterocycles. The van der Waals surface area contributed by atoms with E-state index in [0.29, 0.717) is 6.42 Å². The van der Waals surface area contributed by atoms with E-state index in [4.69, 9.17) is 6.42 Å². The Balaban J connectivity index is 2.91. The number of hydrogen-bond acceptors (Lipinski definition) is 2. The maximum atomic E-state index is 9.82. The third-order valence-electron chi connectivity index (χ3n) is 1.75. The van der Waals surface area contributed by atoms with E-state index >= 15 is 0 Å². The van der Waals surface area contributed by atoms with Crippen molar-refractivity contribution in [1.29, 1.82) is 0 Å². The van der Waals surface area contributed by atoms with Crippen molar-refractivity contribution in [3.05, 3.63) is 30.1 Å². The van der Waals surface area contributed by atoms with Gasteiger partial charge in [-0.15, -0.1) is 12.3 Å². The van der Waals surface area contributed by atoms with Gasteiger partial charge in [-0.1, -0.05) is 0 Å². The lowest BCUT2D eigenvalue weighted by Gasteiger charge is -2.20. The molecule has 12 heavy (non-hydrogen) atoms. The third kappa shape index (κ3) is 1.84. The van der Waals surface area contributed by atoms with Gasteiger partial charge in [-0.2, -0.15) is 0 Å². The molecule has 0 saturated carbocycles. The molecule has 0 radical (unpaired) electrons. The van der Waals surface area contributed by atoms with Gasteiger partial charge >= 0.3 is 0 Å². The van der Waals surface area contributed by atoms with E-state index in [-0.39, 0.29) is 0 Å². The Bertz CT molecular complexity index is 284. The van der Waals surface area contributed by atoms with Gasteiger partial charge in [0.05, 0.1) is 5.60 Å². The van der Waals surface area contributed by atoms with Crippen LogP contribution in [-0.2, 0) is 5.60 Å². The second-order valence-electron chi connectivity index (χ2n) is 2.89. The van der Waals surface area contributed by atoms with Gasteiger partial charge in [-0.05, 0) is 24.6 Å². The SMILES string of the molecule is C#CC[C@](C)(O)c1ccncc1. The van der Waals surface area contributed by atoms with Crippen molar-refractivity contribution in [1.82, 2.24) is 4.98 Å². The number of pyridine rings is 1. The Morgan fingerprint density at radius 2 is 2.17 bits per heavy atom. The second kappa shape index (κ2) is 3.38. The fourth-order valence-corrected chi connectivity index (χ4v) is 1.01. The normalized spacial score (nSPS) is 14.8. The molecule has 2 heteroatoms. The molecule has 0 fully saturated rings. The average Bonchev–Trinajstić information content (AvgIpc) is 2.06. The van der Waals surface area contributed by atoms with Crippen LogP contribution in [-0.4, -0.2) is 10.1 Å². The van der Waals surface area contributed by atoms with Crippen molar-refractivity contribution in [2.75, 3.05) is 0 Å². The highest BCUT2D eigenvalue weighted by Crippen LogP contribution is 2.22. The van der Waals surface area contributed by atoms with E-state index in [0.717, 1.165) is 5.56 Å². The van der Waals surface area contributed by atoms with E-state index < -0.39 is 5.60 Å². The summed E-state index contributed by atoms with van der Waals surface area (Å²) in [5.74, 6) is 2.44. The van der Waals surface area contributed by atoms with E-state index in [1.165, 1.54) is 0 Å². The minimum absolute atomic E-state index is 0.316. The van der Waals surface area contributed by atoms with Gasteiger partial charge in [-0.25, -0.2) is 0 Å². The number of hydrogen-bond donors (Lipinski definition) is 1. The van der Waals surface area contributed by atoms with Crippen LogP contribution in [0.1, 0.15) is 18.9 Å². The number of nitrogens with zero attached hydrogens (tertiary/aromatic N) is 1. The third-order valence-corrected chi connectivity index (χ3v) is 1.75. The Morgan fingerprint density at radius 1 is 1.58 bits per heavy atom. The number of terminal acetylenes is 1. The van der Waals surface area contributed by atoms with Crippen LogP contribution in [0.5, 0.6) is 0 Å². The van der Waals surface area contributed by atoms with Gasteiger partial charge < -0.3 is 5.11 Å². The summed E-state index contributed by atoms with van der Waals surface area (Å²) in [6.07, 6.45) is 8.72. The number of rotatable bonds is 2. The Hall–Kier alpha value is -1.33. The zero-order chi connectivity index (χ0) is 9.03. The molecule has 1 aromatic heterocycles. The van der Waals surface area contributed by atoms with Crippen LogP contribution in [0.25, 0.3) is 0 Å². The topological polar surface area (TPSA) is 33.1 Å². The van der Waals surface area contributed by atoms with Crippen molar-refractivity contribution in [2.45, 2.75) is 18.9 Å². The average molecular weight is 161 g/mol. The minimum atomic E-state index is -0.933. The Kier molecular flexibility index (Phi) is 2.47. The van der Waals surface area contributed by atoms with Crippen molar-refractivity contribution in [3.63, 3.8) is 0 Å². The van der Waals surface area contributed by atoms with Gasteiger partial charge in [0.1, 0.15) is 0 Å². The fourth-order valence-electron chi connectivity index (χ4n) is 1.01. The molecule has 0 aliphatic carbocycles. The summed E-state index contributed by atoms with van der Waals surface area (Å²) >= 11 is 0. The summed E-state index contributed by atoms with van der Waals surface area (Å²) in [5.41, 5.74) is -0.132. The van der Waals surface area contributed by atoms with Crippen LogP contribution in [0.3, 0.4) is 0 Å². The molecule has 0 amide bonds. The highest BCUT2D eigenvalue weighted by Gasteiger charge is 2.20. The summed E-state index contributed by atoms with van der Waals surface area (Å²) in [6.45, 7) is 1.70. The molecule has 1 heterocycles. The summed E-state index contributed by atoms with van der Waals surface area (Å²) in [4.78, 5) is 3.86. The highest BCUT2D eigenvalue weighted by molar-refractivity contribution is 5.19. The second-order valence-corrected chi connectivity index (χ2v) is 2.89. The molecule has 0 spiro atoms. The van der Waals surface area contributed by atoms with Crippen LogP contribution in [0, 0.1) is 12.3 Å². The van der Waals surface area contributed by atoms with Gasteiger partial charge in [0.15, 0.2) is 0 Å². The summed E-state index contributed by atoms with van der Waals surface area (Å²) < 4.78 is 0. The first-order valence-electron chi connectivity index (χ1n) is 3.73. The van der Waals surface area contributed by atoms with Gasteiger partial charge in [0.25, 0.3) is 0 Å². The van der Waals surface area contributed by atoms with Crippen LogP contribution >= 0.6 is 0 Å². The molecule has 2 nitrogen and oxygen atoms in total. The van der Waals surface area contributed by atoms with Gasteiger partial charge in [0, 0.05) is 18.8 Å². The molecule has 1 atom stereocenters. The molecule has 62 valence electrons. The highest BCUT2D eigenvalue weighted by atomic mass is 16.3. The number of aromatic nitrogens is 1. The molecule has 0 aromatic carbocycles. The lowest BCUT2D eigenvalue weighted by Crippen LogP contribution is -2.19. The van der Waals surface area contributed by atoms with Crippen molar-refractivity contribution in [3.8, 4) is 12.3 Å². The Morgan fingerprint density at radius 3 is 2.67 bits per heavy atom. The first-order valence-corrected chi connectivity index (χ1v) is 3.73. The molecular weight excluding hydrogens is 150 g/mol. The van der Waals surface area contributed by atoms with Crippen LogP contribution in [0.4, 0.5) is 0 Å². The summed E-state index contributed by atoms with van der Waals surface area (Å²) in [6, 6.07) is 3.52. The number of aliphatic hydroxyl groups is 1. The maximum absolute atomic E-state index is 9.82. The molecule has 1 N–H and O–H groups in total.